The molecule has 0 saturated heterocycles. The van der Waals surface area contributed by atoms with E-state index in [0.29, 0.717) is 29.9 Å². The summed E-state index contributed by atoms with van der Waals surface area (Å²) >= 11 is 0. The van der Waals surface area contributed by atoms with E-state index in [0.717, 1.165) is 19.3 Å². The van der Waals surface area contributed by atoms with Crippen molar-refractivity contribution < 1.29 is 14.7 Å². The Hall–Kier alpha value is -1.98. The van der Waals surface area contributed by atoms with Crippen LogP contribution < -0.4 is 0 Å². The zero-order chi connectivity index (χ0) is 15.6. The molecule has 0 aromatic carbocycles. The molecule has 0 bridgehead atoms. The summed E-state index contributed by atoms with van der Waals surface area (Å²) in [5.41, 5.74) is -0.155. The third-order valence-corrected chi connectivity index (χ3v) is 4.36. The average Bonchev–Trinajstić information content (AvgIpc) is 2.46. The second kappa shape index (κ2) is 5.79. The molecule has 1 aliphatic rings. The molecule has 1 amide bonds. The molecule has 1 aromatic heterocycles. The van der Waals surface area contributed by atoms with Gasteiger partial charge in [0.2, 0.25) is 0 Å². The lowest BCUT2D eigenvalue weighted by atomic mass is 9.80. The zero-order valence-corrected chi connectivity index (χ0v) is 12.7. The first-order valence-electron chi connectivity index (χ1n) is 7.20. The highest BCUT2D eigenvalue weighted by Crippen LogP contribution is 2.34. The van der Waals surface area contributed by atoms with E-state index in [1.54, 1.807) is 20.9 Å². The molecule has 0 unspecified atom stereocenters. The van der Waals surface area contributed by atoms with Gasteiger partial charge in [-0.1, -0.05) is 19.3 Å². The van der Waals surface area contributed by atoms with Crippen molar-refractivity contribution >= 4 is 11.9 Å². The van der Waals surface area contributed by atoms with E-state index in [9.17, 15) is 14.7 Å². The van der Waals surface area contributed by atoms with Gasteiger partial charge in [-0.25, -0.2) is 14.8 Å². The van der Waals surface area contributed by atoms with Crippen molar-refractivity contribution in [3.05, 3.63) is 23.3 Å². The lowest BCUT2D eigenvalue weighted by Crippen LogP contribution is -2.56. The van der Waals surface area contributed by atoms with Gasteiger partial charge in [0.25, 0.3) is 5.91 Å². The number of hydrogen-bond acceptors (Lipinski definition) is 4. The monoisotopic (exact) mass is 291 g/mol. The highest BCUT2D eigenvalue weighted by molar-refractivity contribution is 5.98. The third-order valence-electron chi connectivity index (χ3n) is 4.36. The van der Waals surface area contributed by atoms with Gasteiger partial charge in [-0.05, 0) is 26.7 Å². The number of aromatic nitrogens is 2. The molecular weight excluding hydrogens is 270 g/mol. The maximum Gasteiger partial charge on any atom is 0.329 e. The van der Waals surface area contributed by atoms with Crippen molar-refractivity contribution in [2.75, 3.05) is 7.05 Å². The van der Waals surface area contributed by atoms with Crippen molar-refractivity contribution in [3.63, 3.8) is 0 Å². The molecule has 1 N–H and O–H groups in total. The van der Waals surface area contributed by atoms with E-state index in [-0.39, 0.29) is 5.91 Å². The largest absolute Gasteiger partial charge is 0.479 e. The van der Waals surface area contributed by atoms with Crippen molar-refractivity contribution in [2.45, 2.75) is 51.5 Å². The van der Waals surface area contributed by atoms with Gasteiger partial charge in [-0.2, -0.15) is 0 Å². The number of aryl methyl sites for hydroxylation is 2. The Bertz CT molecular complexity index is 565. The Kier molecular flexibility index (Phi) is 4.25. The molecule has 0 atom stereocenters. The number of likely N-dealkylation sites (N-methyl/N-ethyl adjacent to an activating group) is 1. The molecule has 2 rings (SSSR count). The van der Waals surface area contributed by atoms with Crippen LogP contribution in [0.4, 0.5) is 0 Å². The fourth-order valence-corrected chi connectivity index (χ4v) is 3.00. The minimum absolute atomic E-state index is 0.322. The van der Waals surface area contributed by atoms with Crippen LogP contribution in [0.1, 0.15) is 54.0 Å². The van der Waals surface area contributed by atoms with Gasteiger partial charge in [-0.15, -0.1) is 0 Å². The molecule has 1 fully saturated rings. The van der Waals surface area contributed by atoms with Gasteiger partial charge in [0.15, 0.2) is 0 Å². The van der Waals surface area contributed by atoms with Crippen LogP contribution in [0, 0.1) is 13.8 Å². The highest BCUT2D eigenvalue weighted by Gasteiger charge is 2.45. The van der Waals surface area contributed by atoms with Gasteiger partial charge >= 0.3 is 5.97 Å². The van der Waals surface area contributed by atoms with E-state index >= 15 is 0 Å². The molecule has 6 nitrogen and oxygen atoms in total. The van der Waals surface area contributed by atoms with Crippen LogP contribution in [0.3, 0.4) is 0 Å². The first-order valence-corrected chi connectivity index (χ1v) is 7.20. The number of hydrogen-bond donors (Lipinski definition) is 1. The van der Waals surface area contributed by atoms with E-state index in [2.05, 4.69) is 9.97 Å². The molecule has 1 saturated carbocycles. The number of carboxylic acid groups (broad SMARTS) is 1. The van der Waals surface area contributed by atoms with E-state index in [1.807, 2.05) is 0 Å². The standard InChI is InChI=1S/C15H21N3O3/c1-10-12(9-16-11(2)17-10)13(19)18(3)15(14(20)21)7-5-4-6-8-15/h9H,4-8H2,1-3H3,(H,20,21). The predicted octanol–water partition coefficient (Wildman–Crippen LogP) is 1.95. The fourth-order valence-electron chi connectivity index (χ4n) is 3.00. The van der Waals surface area contributed by atoms with E-state index in [4.69, 9.17) is 0 Å². The maximum absolute atomic E-state index is 12.7. The van der Waals surface area contributed by atoms with Gasteiger partial charge in [0, 0.05) is 13.2 Å². The zero-order valence-electron chi connectivity index (χ0n) is 12.7. The number of carbonyl (C=O) groups is 2. The van der Waals surface area contributed by atoms with Crippen molar-refractivity contribution in [2.24, 2.45) is 0 Å². The number of nitrogens with zero attached hydrogens (tertiary/aromatic N) is 3. The Balaban J connectivity index is 2.34. The minimum atomic E-state index is -1.10. The number of carbonyl (C=O) groups excluding carboxylic acids is 1. The summed E-state index contributed by atoms with van der Waals surface area (Å²) in [7, 11) is 1.57. The minimum Gasteiger partial charge on any atom is -0.479 e. The molecule has 1 aliphatic carbocycles. The van der Waals surface area contributed by atoms with Crippen LogP contribution in [0.2, 0.25) is 0 Å². The number of rotatable bonds is 3. The second-order valence-corrected chi connectivity index (χ2v) is 5.68. The average molecular weight is 291 g/mol. The first-order chi connectivity index (χ1) is 9.88. The van der Waals surface area contributed by atoms with Crippen LogP contribution in [0.15, 0.2) is 6.20 Å². The molecule has 0 spiro atoms. The summed E-state index contributed by atoms with van der Waals surface area (Å²) < 4.78 is 0. The molecule has 0 radical (unpaired) electrons. The van der Waals surface area contributed by atoms with Crippen LogP contribution in [-0.2, 0) is 4.79 Å². The highest BCUT2D eigenvalue weighted by atomic mass is 16.4. The Labute approximate surface area is 124 Å². The van der Waals surface area contributed by atoms with Crippen LogP contribution in [0.5, 0.6) is 0 Å². The normalized spacial score (nSPS) is 17.3. The number of carboxylic acids is 1. The molecule has 6 heteroatoms. The molecule has 1 aromatic rings. The van der Waals surface area contributed by atoms with Gasteiger partial charge in [0.05, 0.1) is 11.3 Å². The van der Waals surface area contributed by atoms with Crippen molar-refractivity contribution in [1.29, 1.82) is 0 Å². The number of amides is 1. The topological polar surface area (TPSA) is 83.4 Å². The lowest BCUT2D eigenvalue weighted by molar-refractivity contribution is -0.151. The maximum atomic E-state index is 12.7. The Morgan fingerprint density at radius 2 is 1.86 bits per heavy atom. The summed E-state index contributed by atoms with van der Waals surface area (Å²) in [5.74, 6) is -0.655. The van der Waals surface area contributed by atoms with E-state index < -0.39 is 11.5 Å². The summed E-state index contributed by atoms with van der Waals surface area (Å²) in [5, 5.41) is 9.64. The molecule has 21 heavy (non-hydrogen) atoms. The summed E-state index contributed by atoms with van der Waals surface area (Å²) in [6.07, 6.45) is 5.14. The fraction of sp³-hybridized carbons (Fsp3) is 0.600. The summed E-state index contributed by atoms with van der Waals surface area (Å²) in [4.78, 5) is 34.0. The molecule has 114 valence electrons. The smallest absolute Gasteiger partial charge is 0.329 e. The third kappa shape index (κ3) is 2.75. The predicted molar refractivity (Wildman–Crippen MR) is 77.1 cm³/mol. The second-order valence-electron chi connectivity index (χ2n) is 5.68. The van der Waals surface area contributed by atoms with Crippen LogP contribution in [-0.4, -0.2) is 44.4 Å². The van der Waals surface area contributed by atoms with Gasteiger partial charge in [0.1, 0.15) is 11.4 Å². The van der Waals surface area contributed by atoms with Crippen LogP contribution >= 0.6 is 0 Å². The summed E-state index contributed by atoms with van der Waals surface area (Å²) in [6.45, 7) is 3.49. The molecular formula is C15H21N3O3. The Morgan fingerprint density at radius 1 is 1.24 bits per heavy atom. The van der Waals surface area contributed by atoms with Gasteiger partial charge < -0.3 is 10.0 Å². The Morgan fingerprint density at radius 3 is 2.38 bits per heavy atom. The number of aliphatic carboxylic acids is 1. The van der Waals surface area contributed by atoms with Crippen molar-refractivity contribution in [1.82, 2.24) is 14.9 Å². The molecule has 0 aliphatic heterocycles. The van der Waals surface area contributed by atoms with Crippen molar-refractivity contribution in [3.8, 4) is 0 Å². The van der Waals surface area contributed by atoms with E-state index in [1.165, 1.54) is 11.1 Å². The van der Waals surface area contributed by atoms with Crippen LogP contribution in [0.25, 0.3) is 0 Å². The quantitative estimate of drug-likeness (QED) is 0.920. The molecule has 1 heterocycles. The van der Waals surface area contributed by atoms with Gasteiger partial charge in [-0.3, -0.25) is 4.79 Å². The lowest BCUT2D eigenvalue weighted by Gasteiger charge is -2.41. The summed E-state index contributed by atoms with van der Waals surface area (Å²) in [6, 6.07) is 0. The SMILES string of the molecule is Cc1ncc(C(=O)N(C)C2(C(=O)O)CCCCC2)c(C)n1. The first kappa shape index (κ1) is 15.4.